The van der Waals surface area contributed by atoms with E-state index in [0.29, 0.717) is 22.9 Å². The summed E-state index contributed by atoms with van der Waals surface area (Å²) in [5.74, 6) is 0.308. The normalized spacial score (nSPS) is 18.8. The Balaban J connectivity index is 1.88. The summed E-state index contributed by atoms with van der Waals surface area (Å²) in [6.45, 7) is 0. The summed E-state index contributed by atoms with van der Waals surface area (Å²) in [7, 11) is 0. The summed E-state index contributed by atoms with van der Waals surface area (Å²) in [5.41, 5.74) is 0.371. The van der Waals surface area contributed by atoms with Crippen molar-refractivity contribution in [2.75, 3.05) is 0 Å². The Kier molecular flexibility index (Phi) is 5.02. The molecule has 3 heteroatoms. The van der Waals surface area contributed by atoms with E-state index in [2.05, 4.69) is 0 Å². The SMILES string of the molecule is OC(CCC1CCCCC1)c1ccc(Cl)cc1F. The molecule has 1 fully saturated rings. The van der Waals surface area contributed by atoms with Crippen molar-refractivity contribution in [3.63, 3.8) is 0 Å². The molecule has 1 aromatic rings. The van der Waals surface area contributed by atoms with Crippen LogP contribution >= 0.6 is 11.6 Å². The van der Waals surface area contributed by atoms with Gasteiger partial charge >= 0.3 is 0 Å². The van der Waals surface area contributed by atoms with Crippen molar-refractivity contribution < 1.29 is 9.50 Å². The molecule has 1 unspecified atom stereocenters. The smallest absolute Gasteiger partial charge is 0.130 e. The van der Waals surface area contributed by atoms with Crippen LogP contribution in [0.25, 0.3) is 0 Å². The number of aliphatic hydroxyl groups excluding tert-OH is 1. The summed E-state index contributed by atoms with van der Waals surface area (Å²) in [6, 6.07) is 4.48. The van der Waals surface area contributed by atoms with Crippen LogP contribution in [-0.4, -0.2) is 5.11 Å². The maximum atomic E-state index is 13.6. The van der Waals surface area contributed by atoms with Gasteiger partial charge in [0.15, 0.2) is 0 Å². The van der Waals surface area contributed by atoms with E-state index in [1.807, 2.05) is 0 Å². The van der Waals surface area contributed by atoms with Crippen molar-refractivity contribution in [3.8, 4) is 0 Å². The highest BCUT2D eigenvalue weighted by Crippen LogP contribution is 2.31. The number of benzene rings is 1. The van der Waals surface area contributed by atoms with Gasteiger partial charge in [-0.05, 0) is 30.9 Å². The summed E-state index contributed by atoms with van der Waals surface area (Å²) in [5, 5.41) is 10.4. The fraction of sp³-hybridized carbons (Fsp3) is 0.600. The van der Waals surface area contributed by atoms with Crippen LogP contribution in [-0.2, 0) is 0 Å². The quantitative estimate of drug-likeness (QED) is 0.827. The van der Waals surface area contributed by atoms with Crippen LogP contribution in [0.1, 0.15) is 56.6 Å². The van der Waals surface area contributed by atoms with E-state index in [-0.39, 0.29) is 0 Å². The van der Waals surface area contributed by atoms with Gasteiger partial charge in [0.2, 0.25) is 0 Å². The topological polar surface area (TPSA) is 20.2 Å². The van der Waals surface area contributed by atoms with Gasteiger partial charge in [0.05, 0.1) is 6.10 Å². The predicted octanol–water partition coefficient (Wildman–Crippen LogP) is 4.87. The van der Waals surface area contributed by atoms with Crippen molar-refractivity contribution in [2.45, 2.75) is 51.0 Å². The lowest BCUT2D eigenvalue weighted by atomic mass is 9.85. The lowest BCUT2D eigenvalue weighted by Gasteiger charge is -2.22. The number of hydrogen-bond acceptors (Lipinski definition) is 1. The zero-order valence-corrected chi connectivity index (χ0v) is 11.3. The summed E-state index contributed by atoms with van der Waals surface area (Å²) >= 11 is 5.70. The second-order valence-electron chi connectivity index (χ2n) is 5.26. The molecule has 2 rings (SSSR count). The van der Waals surface area contributed by atoms with Crippen molar-refractivity contribution in [1.82, 2.24) is 0 Å². The Morgan fingerprint density at radius 2 is 2.00 bits per heavy atom. The van der Waals surface area contributed by atoms with E-state index in [0.717, 1.165) is 6.42 Å². The van der Waals surface area contributed by atoms with Crippen LogP contribution in [0.2, 0.25) is 5.02 Å². The van der Waals surface area contributed by atoms with Crippen LogP contribution in [0.5, 0.6) is 0 Å². The molecule has 1 aromatic carbocycles. The van der Waals surface area contributed by atoms with E-state index < -0.39 is 11.9 Å². The Hall–Kier alpha value is -0.600. The molecule has 0 heterocycles. The molecule has 0 amide bonds. The number of aliphatic hydroxyl groups is 1. The first-order chi connectivity index (χ1) is 8.66. The van der Waals surface area contributed by atoms with Gasteiger partial charge in [0.25, 0.3) is 0 Å². The Morgan fingerprint density at radius 1 is 1.28 bits per heavy atom. The number of rotatable bonds is 4. The Morgan fingerprint density at radius 3 is 2.67 bits per heavy atom. The van der Waals surface area contributed by atoms with Crippen molar-refractivity contribution in [2.24, 2.45) is 5.92 Å². The molecule has 1 saturated carbocycles. The molecule has 18 heavy (non-hydrogen) atoms. The van der Waals surface area contributed by atoms with E-state index in [1.54, 1.807) is 12.1 Å². The highest BCUT2D eigenvalue weighted by molar-refractivity contribution is 6.30. The van der Waals surface area contributed by atoms with Gasteiger partial charge in [-0.2, -0.15) is 0 Å². The minimum Gasteiger partial charge on any atom is -0.388 e. The fourth-order valence-corrected chi connectivity index (χ4v) is 2.96. The van der Waals surface area contributed by atoms with Gasteiger partial charge in [0.1, 0.15) is 5.82 Å². The number of halogens is 2. The average molecular weight is 271 g/mol. The van der Waals surface area contributed by atoms with Crippen molar-refractivity contribution in [1.29, 1.82) is 0 Å². The van der Waals surface area contributed by atoms with Crippen LogP contribution < -0.4 is 0 Å². The molecule has 0 radical (unpaired) electrons. The zero-order valence-electron chi connectivity index (χ0n) is 10.5. The third-order valence-electron chi connectivity index (χ3n) is 3.89. The molecular formula is C15H20ClFO. The molecule has 0 aromatic heterocycles. The van der Waals surface area contributed by atoms with Gasteiger partial charge in [0, 0.05) is 10.6 Å². The second-order valence-corrected chi connectivity index (χ2v) is 5.70. The number of hydrogen-bond donors (Lipinski definition) is 1. The standard InChI is InChI=1S/C15H20ClFO/c16-12-7-8-13(14(17)10-12)15(18)9-6-11-4-2-1-3-5-11/h7-8,10-11,15,18H,1-6,9H2. The van der Waals surface area contributed by atoms with Crippen LogP contribution in [0.3, 0.4) is 0 Å². The Bertz CT molecular complexity index is 388. The molecule has 1 nitrogen and oxygen atoms in total. The first-order valence-corrected chi connectivity index (χ1v) is 7.17. The fourth-order valence-electron chi connectivity index (χ4n) is 2.80. The monoisotopic (exact) mass is 270 g/mol. The Labute approximate surface area is 113 Å². The van der Waals surface area contributed by atoms with Gasteiger partial charge < -0.3 is 5.11 Å². The van der Waals surface area contributed by atoms with E-state index >= 15 is 0 Å². The van der Waals surface area contributed by atoms with Crippen molar-refractivity contribution >= 4 is 11.6 Å². The van der Waals surface area contributed by atoms with E-state index in [9.17, 15) is 9.50 Å². The molecule has 0 spiro atoms. The molecule has 1 aliphatic carbocycles. The third-order valence-corrected chi connectivity index (χ3v) is 4.13. The maximum Gasteiger partial charge on any atom is 0.130 e. The summed E-state index contributed by atoms with van der Waals surface area (Å²) in [4.78, 5) is 0. The van der Waals surface area contributed by atoms with Gasteiger partial charge in [-0.1, -0.05) is 49.8 Å². The highest BCUT2D eigenvalue weighted by Gasteiger charge is 2.17. The van der Waals surface area contributed by atoms with Crippen LogP contribution in [0.4, 0.5) is 4.39 Å². The van der Waals surface area contributed by atoms with Crippen LogP contribution in [0.15, 0.2) is 18.2 Å². The molecule has 1 N–H and O–H groups in total. The summed E-state index contributed by atoms with van der Waals surface area (Å²) in [6.07, 6.45) is 7.39. The lowest BCUT2D eigenvalue weighted by molar-refractivity contribution is 0.147. The van der Waals surface area contributed by atoms with Gasteiger partial charge in [-0.25, -0.2) is 4.39 Å². The van der Waals surface area contributed by atoms with E-state index in [4.69, 9.17) is 11.6 Å². The largest absolute Gasteiger partial charge is 0.388 e. The van der Waals surface area contributed by atoms with Gasteiger partial charge in [-0.3, -0.25) is 0 Å². The minimum absolute atomic E-state index is 0.371. The molecule has 0 bridgehead atoms. The zero-order chi connectivity index (χ0) is 13.0. The second kappa shape index (κ2) is 6.53. The highest BCUT2D eigenvalue weighted by atomic mass is 35.5. The molecule has 0 saturated heterocycles. The molecule has 1 atom stereocenters. The first-order valence-electron chi connectivity index (χ1n) is 6.80. The molecule has 1 aliphatic rings. The molecule has 100 valence electrons. The van der Waals surface area contributed by atoms with E-state index in [1.165, 1.54) is 38.2 Å². The maximum absolute atomic E-state index is 13.6. The molecule has 0 aliphatic heterocycles. The average Bonchev–Trinajstić information content (AvgIpc) is 2.37. The first kappa shape index (κ1) is 13.8. The summed E-state index contributed by atoms with van der Waals surface area (Å²) < 4.78 is 13.6. The van der Waals surface area contributed by atoms with Crippen molar-refractivity contribution in [3.05, 3.63) is 34.6 Å². The minimum atomic E-state index is -0.704. The lowest BCUT2D eigenvalue weighted by Crippen LogP contribution is -2.09. The van der Waals surface area contributed by atoms with Crippen LogP contribution in [0, 0.1) is 11.7 Å². The third kappa shape index (κ3) is 3.69. The molecular weight excluding hydrogens is 251 g/mol. The van der Waals surface area contributed by atoms with Gasteiger partial charge in [-0.15, -0.1) is 0 Å². The predicted molar refractivity (Wildman–Crippen MR) is 72.2 cm³/mol.